The molecule has 3 nitrogen and oxygen atoms in total. The molecule has 0 aliphatic carbocycles. The molecule has 0 saturated heterocycles. The summed E-state index contributed by atoms with van der Waals surface area (Å²) in [7, 11) is 1.90. The molecule has 0 atom stereocenters. The molecule has 0 fully saturated rings. The van der Waals surface area contributed by atoms with E-state index in [1.807, 2.05) is 42.8 Å². The van der Waals surface area contributed by atoms with Crippen LogP contribution in [0.5, 0.6) is 0 Å². The average Bonchev–Trinajstić information content (AvgIpc) is 2.94. The molecule has 4 heteroatoms. The number of allylic oxidation sites excluding steroid dienone is 1. The molecule has 1 aliphatic heterocycles. The summed E-state index contributed by atoms with van der Waals surface area (Å²) in [6.07, 6.45) is 3.78. The van der Waals surface area contributed by atoms with Crippen molar-refractivity contribution in [2.75, 3.05) is 4.81 Å². The van der Waals surface area contributed by atoms with Crippen LogP contribution in [-0.2, 0) is 7.05 Å². The molecule has 120 valence electrons. The number of aromatic nitrogens is 1. The quantitative estimate of drug-likeness (QED) is 0.504. The fraction of sp³-hybridized carbons (Fsp3) is 0.250. The maximum Gasteiger partial charge on any atom is 0.413 e. The SMILES string of the molecule is [2H]C([2H])([2H])c1c[n+](C)c(N2B(C)c3c(oc4ccccc34)C=C2C)cc1C. The first-order valence-electron chi connectivity index (χ1n) is 9.68. The zero-order chi connectivity index (χ0) is 19.5. The lowest BCUT2D eigenvalue weighted by Gasteiger charge is -2.27. The molecule has 24 heavy (non-hydrogen) atoms. The van der Waals surface area contributed by atoms with Crippen molar-refractivity contribution in [2.24, 2.45) is 7.05 Å². The minimum absolute atomic E-state index is 0.0675. The van der Waals surface area contributed by atoms with Gasteiger partial charge < -0.3 is 4.42 Å². The van der Waals surface area contributed by atoms with Crippen LogP contribution in [0.15, 0.2) is 46.6 Å². The van der Waals surface area contributed by atoms with Crippen LogP contribution in [0.3, 0.4) is 0 Å². The number of hydrogen-bond acceptors (Lipinski definition) is 2. The lowest BCUT2D eigenvalue weighted by molar-refractivity contribution is -0.658. The summed E-state index contributed by atoms with van der Waals surface area (Å²) in [5.74, 6) is 1.86. The Morgan fingerprint density at radius 3 is 2.79 bits per heavy atom. The number of benzene rings is 1. The van der Waals surface area contributed by atoms with Crippen LogP contribution in [0.2, 0.25) is 6.82 Å². The van der Waals surface area contributed by atoms with Crippen molar-refractivity contribution in [1.29, 1.82) is 0 Å². The van der Waals surface area contributed by atoms with E-state index in [-0.39, 0.29) is 6.85 Å². The molecule has 0 unspecified atom stereocenters. The zero-order valence-electron chi connectivity index (χ0n) is 17.4. The predicted molar refractivity (Wildman–Crippen MR) is 101 cm³/mol. The molecule has 0 amide bonds. The number of fused-ring (bicyclic) bond motifs is 3. The Labute approximate surface area is 147 Å². The molecular weight excluding hydrogens is 295 g/mol. The molecule has 2 aromatic heterocycles. The van der Waals surface area contributed by atoms with Gasteiger partial charge in [0.15, 0.2) is 0 Å². The first-order valence-corrected chi connectivity index (χ1v) is 8.18. The molecular formula is C20H22BN2O+. The van der Waals surface area contributed by atoms with Crippen LogP contribution < -0.4 is 14.8 Å². The molecule has 0 bridgehead atoms. The lowest BCUT2D eigenvalue weighted by Crippen LogP contribution is -2.52. The van der Waals surface area contributed by atoms with Crippen molar-refractivity contribution < 1.29 is 13.1 Å². The van der Waals surface area contributed by atoms with Crippen LogP contribution in [0, 0.1) is 13.8 Å². The first-order chi connectivity index (χ1) is 12.7. The minimum atomic E-state index is -2.12. The van der Waals surface area contributed by atoms with Crippen LogP contribution >= 0.6 is 0 Å². The number of hydrogen-bond donors (Lipinski definition) is 0. The van der Waals surface area contributed by atoms with Crippen LogP contribution in [0.4, 0.5) is 5.82 Å². The number of furan rings is 1. The number of aryl methyl sites for hydroxylation is 3. The molecule has 0 radical (unpaired) electrons. The first kappa shape index (κ1) is 12.0. The predicted octanol–water partition coefficient (Wildman–Crippen LogP) is 3.58. The highest BCUT2D eigenvalue weighted by Gasteiger charge is 2.40. The van der Waals surface area contributed by atoms with Gasteiger partial charge in [0, 0.05) is 27.1 Å². The number of nitrogens with zero attached hydrogens (tertiary/aromatic N) is 2. The molecule has 0 saturated carbocycles. The smallest absolute Gasteiger partial charge is 0.413 e. The van der Waals surface area contributed by atoms with Crippen molar-refractivity contribution in [2.45, 2.75) is 27.5 Å². The molecule has 1 aromatic carbocycles. The van der Waals surface area contributed by atoms with E-state index in [1.165, 1.54) is 0 Å². The highest BCUT2D eigenvalue weighted by atomic mass is 16.3. The van der Waals surface area contributed by atoms with Crippen molar-refractivity contribution in [3.8, 4) is 0 Å². The van der Waals surface area contributed by atoms with E-state index < -0.39 is 6.85 Å². The van der Waals surface area contributed by atoms with E-state index in [9.17, 15) is 0 Å². The standard InChI is InChI=1S/C20H22BN2O/c1-13-10-19(22(5)12-14(13)2)23-15(3)11-18-20(21(23)4)16-8-6-7-9-17(16)24-18/h6-12H,1-5H3/q+1/i2D3. The third-order valence-corrected chi connectivity index (χ3v) is 4.89. The normalized spacial score (nSPS) is 16.5. The lowest BCUT2D eigenvalue weighted by atomic mass is 9.53. The summed E-state index contributed by atoms with van der Waals surface area (Å²) >= 11 is 0. The van der Waals surface area contributed by atoms with E-state index >= 15 is 0 Å². The Balaban J connectivity index is 1.87. The number of para-hydroxylation sites is 1. The van der Waals surface area contributed by atoms with Crippen molar-refractivity contribution >= 4 is 35.2 Å². The van der Waals surface area contributed by atoms with Crippen molar-refractivity contribution in [1.82, 2.24) is 0 Å². The number of rotatable bonds is 1. The van der Waals surface area contributed by atoms with Gasteiger partial charge in [-0.3, -0.25) is 4.81 Å². The van der Waals surface area contributed by atoms with Gasteiger partial charge in [0.25, 0.3) is 5.82 Å². The van der Waals surface area contributed by atoms with E-state index in [4.69, 9.17) is 8.53 Å². The maximum atomic E-state index is 7.75. The Morgan fingerprint density at radius 1 is 1.21 bits per heavy atom. The second-order valence-corrected chi connectivity index (χ2v) is 6.55. The third-order valence-electron chi connectivity index (χ3n) is 4.89. The Morgan fingerprint density at radius 2 is 2.00 bits per heavy atom. The number of pyridine rings is 1. The van der Waals surface area contributed by atoms with Crippen molar-refractivity contribution in [3.05, 3.63) is 59.1 Å². The van der Waals surface area contributed by atoms with E-state index in [0.29, 0.717) is 5.56 Å². The molecule has 3 aromatic rings. The van der Waals surface area contributed by atoms with Crippen LogP contribution in [0.1, 0.15) is 27.9 Å². The van der Waals surface area contributed by atoms with E-state index in [2.05, 4.69) is 30.7 Å². The second kappa shape index (κ2) is 5.27. The van der Waals surface area contributed by atoms with Gasteiger partial charge in [0.1, 0.15) is 11.3 Å². The third kappa shape index (κ3) is 2.09. The van der Waals surface area contributed by atoms with Gasteiger partial charge in [-0.1, -0.05) is 18.2 Å². The van der Waals surface area contributed by atoms with Gasteiger partial charge in [-0.25, -0.2) is 4.57 Å². The van der Waals surface area contributed by atoms with Crippen molar-refractivity contribution in [3.63, 3.8) is 0 Å². The summed E-state index contributed by atoms with van der Waals surface area (Å²) in [5, 5.41) is 1.12. The minimum Gasteiger partial charge on any atom is -0.457 e. The maximum absolute atomic E-state index is 7.75. The van der Waals surface area contributed by atoms with Gasteiger partial charge >= 0.3 is 6.85 Å². The van der Waals surface area contributed by atoms with E-state index in [1.54, 1.807) is 6.20 Å². The number of anilines is 1. The highest BCUT2D eigenvalue weighted by Crippen LogP contribution is 2.29. The Bertz CT molecular complexity index is 1080. The van der Waals surface area contributed by atoms with Gasteiger partial charge in [-0.2, -0.15) is 0 Å². The Kier molecular flexibility index (Phi) is 2.62. The zero-order valence-corrected chi connectivity index (χ0v) is 14.4. The monoisotopic (exact) mass is 320 g/mol. The molecule has 3 heterocycles. The van der Waals surface area contributed by atoms with Gasteiger partial charge in [0.05, 0.1) is 18.9 Å². The summed E-state index contributed by atoms with van der Waals surface area (Å²) in [6, 6.07) is 10.0. The van der Waals surface area contributed by atoms with Crippen LogP contribution in [0.25, 0.3) is 17.0 Å². The fourth-order valence-corrected chi connectivity index (χ4v) is 3.67. The summed E-state index contributed by atoms with van der Waals surface area (Å²) < 4.78 is 31.2. The topological polar surface area (TPSA) is 20.3 Å². The van der Waals surface area contributed by atoms with E-state index in [0.717, 1.165) is 39.3 Å². The highest BCUT2D eigenvalue weighted by molar-refractivity contribution is 6.79. The molecule has 0 spiro atoms. The largest absolute Gasteiger partial charge is 0.457 e. The molecule has 4 rings (SSSR count). The van der Waals surface area contributed by atoms with Gasteiger partial charge in [-0.15, -0.1) is 0 Å². The molecule has 0 N–H and O–H groups in total. The summed E-state index contributed by atoms with van der Waals surface area (Å²) in [6.45, 7) is 4.02. The summed E-state index contributed by atoms with van der Waals surface area (Å²) in [4.78, 5) is 2.24. The molecule has 1 aliphatic rings. The Hall–Kier alpha value is -2.49. The summed E-state index contributed by atoms with van der Waals surface area (Å²) in [5.41, 5.74) is 4.26. The average molecular weight is 320 g/mol. The second-order valence-electron chi connectivity index (χ2n) is 6.55. The fourth-order valence-electron chi connectivity index (χ4n) is 3.67. The van der Waals surface area contributed by atoms with Gasteiger partial charge in [0.2, 0.25) is 0 Å². The van der Waals surface area contributed by atoms with Crippen LogP contribution in [-0.4, -0.2) is 6.85 Å². The van der Waals surface area contributed by atoms with Gasteiger partial charge in [-0.05, 0) is 44.7 Å².